The summed E-state index contributed by atoms with van der Waals surface area (Å²) < 4.78 is 20.6. The van der Waals surface area contributed by atoms with Crippen molar-refractivity contribution in [1.29, 1.82) is 0 Å². The molecule has 1 aliphatic rings. The molecule has 0 saturated carbocycles. The number of ether oxygens (including phenoxy) is 1. The second-order valence-electron chi connectivity index (χ2n) is 6.02. The van der Waals surface area contributed by atoms with Crippen LogP contribution in [0.4, 0.5) is 4.39 Å². The summed E-state index contributed by atoms with van der Waals surface area (Å²) in [5.41, 5.74) is 0. The molecule has 0 bridgehead atoms. The van der Waals surface area contributed by atoms with Gasteiger partial charge in [0.25, 0.3) is 0 Å². The van der Waals surface area contributed by atoms with Crippen molar-refractivity contribution in [3.8, 4) is 5.75 Å². The summed E-state index contributed by atoms with van der Waals surface area (Å²) in [6.45, 7) is 5.12. The maximum absolute atomic E-state index is 13.2. The molecule has 8 heteroatoms. The topological polar surface area (TPSA) is 60.2 Å². The predicted octanol–water partition coefficient (Wildman–Crippen LogP) is 2.53. The van der Waals surface area contributed by atoms with Gasteiger partial charge >= 0.3 is 0 Å². The molecule has 1 amide bonds. The summed E-state index contributed by atoms with van der Waals surface area (Å²) in [4.78, 5) is 18.4. The van der Waals surface area contributed by atoms with Crippen LogP contribution in [-0.4, -0.2) is 44.8 Å². The van der Waals surface area contributed by atoms with Gasteiger partial charge in [-0.1, -0.05) is 6.07 Å². The number of nitrogens with zero attached hydrogens (tertiary/aromatic N) is 4. The molecule has 2 heterocycles. The first-order valence-electron chi connectivity index (χ1n) is 8.09. The second kappa shape index (κ2) is 8.29. The molecule has 0 N–H and O–H groups in total. The molecule has 1 aromatic heterocycles. The molecule has 1 aromatic carbocycles. The van der Waals surface area contributed by atoms with Crippen molar-refractivity contribution >= 4 is 18.3 Å². The molecule has 0 spiro atoms. The summed E-state index contributed by atoms with van der Waals surface area (Å²) in [5.74, 6) is 1.67. The zero-order chi connectivity index (χ0) is 17.1. The van der Waals surface area contributed by atoms with Gasteiger partial charge in [0, 0.05) is 32.0 Å². The minimum Gasteiger partial charge on any atom is -0.490 e. The number of benzene rings is 1. The molecule has 136 valence electrons. The fraction of sp³-hybridized carbons (Fsp3) is 0.471. The molecule has 1 aliphatic heterocycles. The Balaban J connectivity index is 0.00000225. The number of carbonyl (C=O) groups excluding carboxylic acids is 1. The molecular formula is C17H22ClFN4O2. The monoisotopic (exact) mass is 368 g/mol. The SMILES string of the molecule is Cc1nc(C)n(CC(=O)N2CCC(Oc3cccc(F)c3)CC2)n1.Cl. The van der Waals surface area contributed by atoms with Crippen molar-refractivity contribution in [1.82, 2.24) is 19.7 Å². The highest BCUT2D eigenvalue weighted by atomic mass is 35.5. The van der Waals surface area contributed by atoms with E-state index in [1.54, 1.807) is 16.8 Å². The minimum atomic E-state index is -0.307. The molecule has 3 rings (SSSR count). The average Bonchev–Trinajstić information content (AvgIpc) is 2.85. The molecule has 0 unspecified atom stereocenters. The Kier molecular flexibility index (Phi) is 6.36. The zero-order valence-corrected chi connectivity index (χ0v) is 15.1. The Hall–Kier alpha value is -2.15. The van der Waals surface area contributed by atoms with E-state index in [1.165, 1.54) is 12.1 Å². The molecule has 1 saturated heterocycles. The third kappa shape index (κ3) is 4.92. The van der Waals surface area contributed by atoms with Gasteiger partial charge in [0.15, 0.2) is 0 Å². The van der Waals surface area contributed by atoms with Gasteiger partial charge in [-0.25, -0.2) is 14.1 Å². The van der Waals surface area contributed by atoms with Gasteiger partial charge < -0.3 is 9.64 Å². The van der Waals surface area contributed by atoms with E-state index in [1.807, 2.05) is 18.7 Å². The molecule has 25 heavy (non-hydrogen) atoms. The number of halogens is 2. The fourth-order valence-corrected chi connectivity index (χ4v) is 2.89. The first-order chi connectivity index (χ1) is 11.5. The Bertz CT molecular complexity index is 729. The molecule has 0 atom stereocenters. The number of piperidine rings is 1. The van der Waals surface area contributed by atoms with Crippen LogP contribution in [0.5, 0.6) is 5.75 Å². The second-order valence-corrected chi connectivity index (χ2v) is 6.02. The van der Waals surface area contributed by atoms with Gasteiger partial charge in [-0.15, -0.1) is 12.4 Å². The summed E-state index contributed by atoms with van der Waals surface area (Å²) >= 11 is 0. The fourth-order valence-electron chi connectivity index (χ4n) is 2.89. The van der Waals surface area contributed by atoms with Gasteiger partial charge in [0.1, 0.15) is 35.9 Å². The number of hydrogen-bond donors (Lipinski definition) is 0. The van der Waals surface area contributed by atoms with Crippen LogP contribution in [-0.2, 0) is 11.3 Å². The lowest BCUT2D eigenvalue weighted by Gasteiger charge is -2.32. The van der Waals surface area contributed by atoms with Gasteiger partial charge in [-0.3, -0.25) is 4.79 Å². The maximum Gasteiger partial charge on any atom is 0.244 e. The van der Waals surface area contributed by atoms with Crippen LogP contribution in [0.2, 0.25) is 0 Å². The molecule has 0 radical (unpaired) electrons. The lowest BCUT2D eigenvalue weighted by Crippen LogP contribution is -2.43. The van der Waals surface area contributed by atoms with E-state index >= 15 is 0 Å². The largest absolute Gasteiger partial charge is 0.490 e. The van der Waals surface area contributed by atoms with E-state index in [0.717, 1.165) is 18.7 Å². The van der Waals surface area contributed by atoms with Crippen molar-refractivity contribution < 1.29 is 13.9 Å². The summed E-state index contributed by atoms with van der Waals surface area (Å²) in [6, 6.07) is 6.15. The van der Waals surface area contributed by atoms with E-state index in [9.17, 15) is 9.18 Å². The summed E-state index contributed by atoms with van der Waals surface area (Å²) in [6.07, 6.45) is 1.47. The normalized spacial score (nSPS) is 14.9. The number of hydrogen-bond acceptors (Lipinski definition) is 4. The smallest absolute Gasteiger partial charge is 0.244 e. The number of carbonyl (C=O) groups is 1. The zero-order valence-electron chi connectivity index (χ0n) is 14.3. The van der Waals surface area contributed by atoms with E-state index in [-0.39, 0.29) is 36.8 Å². The Morgan fingerprint density at radius 3 is 2.64 bits per heavy atom. The first kappa shape index (κ1) is 19.2. The molecular weight excluding hydrogens is 347 g/mol. The lowest BCUT2D eigenvalue weighted by atomic mass is 10.1. The van der Waals surface area contributed by atoms with Crippen molar-refractivity contribution in [2.24, 2.45) is 0 Å². The van der Waals surface area contributed by atoms with Crippen LogP contribution in [0.25, 0.3) is 0 Å². The highest BCUT2D eigenvalue weighted by molar-refractivity contribution is 5.85. The van der Waals surface area contributed by atoms with Crippen LogP contribution in [0.3, 0.4) is 0 Å². The Labute approximate surface area is 152 Å². The van der Waals surface area contributed by atoms with Gasteiger partial charge in [0.05, 0.1) is 0 Å². The molecule has 2 aromatic rings. The lowest BCUT2D eigenvalue weighted by molar-refractivity contribution is -0.133. The van der Waals surface area contributed by atoms with E-state index < -0.39 is 0 Å². The van der Waals surface area contributed by atoms with Crippen LogP contribution in [0.15, 0.2) is 24.3 Å². The number of aryl methyl sites for hydroxylation is 2. The van der Waals surface area contributed by atoms with Crippen LogP contribution < -0.4 is 4.74 Å². The predicted molar refractivity (Wildman–Crippen MR) is 93.4 cm³/mol. The number of rotatable bonds is 4. The quantitative estimate of drug-likeness (QED) is 0.832. The van der Waals surface area contributed by atoms with Gasteiger partial charge in [-0.05, 0) is 26.0 Å². The van der Waals surface area contributed by atoms with Gasteiger partial charge in [0.2, 0.25) is 5.91 Å². The Morgan fingerprint density at radius 1 is 1.32 bits per heavy atom. The maximum atomic E-state index is 13.2. The van der Waals surface area contributed by atoms with E-state index in [2.05, 4.69) is 10.1 Å². The average molecular weight is 369 g/mol. The third-order valence-electron chi connectivity index (χ3n) is 4.14. The van der Waals surface area contributed by atoms with Gasteiger partial charge in [-0.2, -0.15) is 5.10 Å². The molecule has 0 aliphatic carbocycles. The summed E-state index contributed by atoms with van der Waals surface area (Å²) in [7, 11) is 0. The van der Waals surface area contributed by atoms with Crippen molar-refractivity contribution in [3.05, 3.63) is 41.7 Å². The number of likely N-dealkylation sites (tertiary alicyclic amines) is 1. The van der Waals surface area contributed by atoms with E-state index in [4.69, 9.17) is 4.74 Å². The highest BCUT2D eigenvalue weighted by Crippen LogP contribution is 2.20. The standard InChI is InChI=1S/C17H21FN4O2.ClH/c1-12-19-13(2)22(20-12)11-17(23)21-8-6-15(7-9-21)24-16-5-3-4-14(18)10-16;/h3-5,10,15H,6-9,11H2,1-2H3;1H. The summed E-state index contributed by atoms with van der Waals surface area (Å²) in [5, 5.41) is 4.22. The van der Waals surface area contributed by atoms with Crippen molar-refractivity contribution in [2.45, 2.75) is 39.3 Å². The molecule has 1 fully saturated rings. The van der Waals surface area contributed by atoms with Crippen LogP contribution >= 0.6 is 12.4 Å². The Morgan fingerprint density at radius 2 is 2.04 bits per heavy atom. The number of amides is 1. The van der Waals surface area contributed by atoms with Crippen LogP contribution in [0, 0.1) is 19.7 Å². The van der Waals surface area contributed by atoms with Crippen molar-refractivity contribution in [3.63, 3.8) is 0 Å². The van der Waals surface area contributed by atoms with Crippen molar-refractivity contribution in [2.75, 3.05) is 13.1 Å². The minimum absolute atomic E-state index is 0. The van der Waals surface area contributed by atoms with E-state index in [0.29, 0.717) is 24.7 Å². The molecule has 6 nitrogen and oxygen atoms in total. The number of aromatic nitrogens is 3. The third-order valence-corrected chi connectivity index (χ3v) is 4.14. The van der Waals surface area contributed by atoms with Crippen LogP contribution in [0.1, 0.15) is 24.5 Å². The first-order valence-corrected chi connectivity index (χ1v) is 8.09. The highest BCUT2D eigenvalue weighted by Gasteiger charge is 2.24.